The Morgan fingerprint density at radius 2 is 1.74 bits per heavy atom. The Kier molecular flexibility index (Phi) is 7.01. The number of nitrogens with zero attached hydrogens (tertiary/aromatic N) is 2. The third-order valence-corrected chi connectivity index (χ3v) is 4.89. The number of amides is 2. The van der Waals surface area contributed by atoms with Gasteiger partial charge in [0, 0.05) is 38.4 Å². The summed E-state index contributed by atoms with van der Waals surface area (Å²) >= 11 is 0. The Bertz CT molecular complexity index is 928. The van der Waals surface area contributed by atoms with Gasteiger partial charge in [0.25, 0.3) is 5.91 Å². The quantitative estimate of drug-likeness (QED) is 0.721. The van der Waals surface area contributed by atoms with Crippen molar-refractivity contribution in [3.63, 3.8) is 0 Å². The van der Waals surface area contributed by atoms with Gasteiger partial charge in [-0.15, -0.1) is 0 Å². The second-order valence-corrected chi connectivity index (χ2v) is 6.99. The van der Waals surface area contributed by atoms with Gasteiger partial charge in [0.1, 0.15) is 12.4 Å². The predicted octanol–water partition coefficient (Wildman–Crippen LogP) is 3.63. The van der Waals surface area contributed by atoms with E-state index in [4.69, 9.17) is 9.84 Å². The number of halogens is 3. The van der Waals surface area contributed by atoms with E-state index in [2.05, 4.69) is 10.2 Å². The van der Waals surface area contributed by atoms with Gasteiger partial charge >= 0.3 is 12.3 Å². The highest BCUT2D eigenvalue weighted by Crippen LogP contribution is 2.31. The van der Waals surface area contributed by atoms with Crippen LogP contribution in [0.25, 0.3) is 0 Å². The highest BCUT2D eigenvalue weighted by molar-refractivity contribution is 6.06. The van der Waals surface area contributed by atoms with E-state index in [9.17, 15) is 22.8 Å². The molecule has 1 aliphatic heterocycles. The van der Waals surface area contributed by atoms with Crippen LogP contribution in [-0.4, -0.2) is 66.2 Å². The van der Waals surface area contributed by atoms with Crippen molar-refractivity contribution in [2.45, 2.75) is 6.18 Å². The summed E-state index contributed by atoms with van der Waals surface area (Å²) in [6, 6.07) is 10.9. The lowest BCUT2D eigenvalue weighted by Gasteiger charge is -2.32. The summed E-state index contributed by atoms with van der Waals surface area (Å²) in [7, 11) is 0. The molecule has 2 N–H and O–H groups in total. The lowest BCUT2D eigenvalue weighted by Crippen LogP contribution is -2.49. The summed E-state index contributed by atoms with van der Waals surface area (Å²) in [5, 5.41) is 11.5. The van der Waals surface area contributed by atoms with E-state index in [1.165, 1.54) is 23.1 Å². The van der Waals surface area contributed by atoms with Crippen molar-refractivity contribution in [2.24, 2.45) is 0 Å². The van der Waals surface area contributed by atoms with Gasteiger partial charge in [0.2, 0.25) is 0 Å². The highest BCUT2D eigenvalue weighted by atomic mass is 19.4. The molecule has 0 spiro atoms. The number of anilines is 1. The van der Waals surface area contributed by atoms with Crippen molar-refractivity contribution in [1.82, 2.24) is 9.80 Å². The maximum absolute atomic E-state index is 12.9. The molecular weight excluding hydrogens is 415 g/mol. The van der Waals surface area contributed by atoms with Crippen molar-refractivity contribution in [3.8, 4) is 5.75 Å². The maximum atomic E-state index is 12.9. The van der Waals surface area contributed by atoms with Gasteiger partial charge in [-0.25, -0.2) is 4.79 Å². The maximum Gasteiger partial charge on any atom is 0.416 e. The molecule has 2 aromatic carbocycles. The van der Waals surface area contributed by atoms with E-state index in [1.54, 1.807) is 18.2 Å². The summed E-state index contributed by atoms with van der Waals surface area (Å²) < 4.78 is 44.4. The summed E-state index contributed by atoms with van der Waals surface area (Å²) in [6.45, 7) is 2.86. The molecule has 0 radical (unpaired) electrons. The molecule has 1 fully saturated rings. The number of alkyl halides is 3. The topological polar surface area (TPSA) is 82.1 Å². The minimum absolute atomic E-state index is 0.0333. The smallest absolute Gasteiger partial charge is 0.416 e. The van der Waals surface area contributed by atoms with Crippen molar-refractivity contribution in [1.29, 1.82) is 0 Å². The second kappa shape index (κ2) is 9.69. The Labute approximate surface area is 177 Å². The first kappa shape index (κ1) is 22.4. The monoisotopic (exact) mass is 437 g/mol. The van der Waals surface area contributed by atoms with Crippen LogP contribution in [0, 0.1) is 0 Å². The molecule has 0 aromatic heterocycles. The molecule has 0 saturated carbocycles. The predicted molar refractivity (Wildman–Crippen MR) is 107 cm³/mol. The lowest BCUT2D eigenvalue weighted by molar-refractivity contribution is -0.137. The molecule has 0 atom stereocenters. The van der Waals surface area contributed by atoms with Gasteiger partial charge in [0.15, 0.2) is 0 Å². The van der Waals surface area contributed by atoms with Gasteiger partial charge in [-0.3, -0.25) is 9.69 Å². The number of carbonyl (C=O) groups is 2. The number of carbonyl (C=O) groups excluding carboxylic acids is 1. The Morgan fingerprint density at radius 3 is 2.42 bits per heavy atom. The number of carboxylic acid groups (broad SMARTS) is 1. The molecule has 1 saturated heterocycles. The molecule has 31 heavy (non-hydrogen) atoms. The van der Waals surface area contributed by atoms with Crippen LogP contribution in [0.3, 0.4) is 0 Å². The molecule has 1 aliphatic rings. The number of para-hydroxylation sites is 1. The molecule has 7 nitrogen and oxygen atoms in total. The minimum atomic E-state index is -4.50. The van der Waals surface area contributed by atoms with Crippen LogP contribution in [0.2, 0.25) is 0 Å². The molecule has 1 heterocycles. The average Bonchev–Trinajstić information content (AvgIpc) is 2.74. The molecule has 0 aliphatic carbocycles. The van der Waals surface area contributed by atoms with E-state index < -0.39 is 23.7 Å². The first-order chi connectivity index (χ1) is 14.7. The fraction of sp³-hybridized carbons (Fsp3) is 0.333. The first-order valence-electron chi connectivity index (χ1n) is 9.65. The summed E-state index contributed by atoms with van der Waals surface area (Å²) in [5.74, 6) is -0.263. The van der Waals surface area contributed by atoms with Gasteiger partial charge < -0.3 is 20.1 Å². The standard InChI is InChI=1S/C21H22F3N3O4/c22-21(23,24)15-4-3-5-16(14-15)25-19(28)17-6-1-2-7-18(17)31-13-12-26-8-10-27(11-9-26)20(29)30/h1-7,14H,8-13H2,(H,25,28)(H,29,30). The van der Waals surface area contributed by atoms with Crippen molar-refractivity contribution in [2.75, 3.05) is 44.6 Å². The zero-order chi connectivity index (χ0) is 22.4. The third-order valence-electron chi connectivity index (χ3n) is 4.89. The van der Waals surface area contributed by atoms with E-state index in [-0.39, 0.29) is 17.9 Å². The van der Waals surface area contributed by atoms with Gasteiger partial charge in [-0.05, 0) is 30.3 Å². The van der Waals surface area contributed by atoms with Crippen LogP contribution in [0.4, 0.5) is 23.7 Å². The van der Waals surface area contributed by atoms with Crippen LogP contribution in [-0.2, 0) is 6.18 Å². The van der Waals surface area contributed by atoms with E-state index in [0.717, 1.165) is 12.1 Å². The fourth-order valence-corrected chi connectivity index (χ4v) is 3.20. The van der Waals surface area contributed by atoms with Gasteiger partial charge in [-0.1, -0.05) is 18.2 Å². The molecule has 166 valence electrons. The molecule has 2 amide bonds. The molecular formula is C21H22F3N3O4. The summed E-state index contributed by atoms with van der Waals surface area (Å²) in [4.78, 5) is 27.0. The normalized spacial score (nSPS) is 14.9. The zero-order valence-electron chi connectivity index (χ0n) is 16.6. The number of benzene rings is 2. The summed E-state index contributed by atoms with van der Waals surface area (Å²) in [5.41, 5.74) is -0.612. The third kappa shape index (κ3) is 6.11. The number of piperazine rings is 1. The molecule has 2 aromatic rings. The summed E-state index contributed by atoms with van der Waals surface area (Å²) in [6.07, 6.45) is -5.44. The van der Waals surface area contributed by atoms with Crippen LogP contribution in [0.5, 0.6) is 5.75 Å². The van der Waals surface area contributed by atoms with E-state index in [0.29, 0.717) is 38.5 Å². The van der Waals surface area contributed by atoms with E-state index in [1.807, 2.05) is 0 Å². The highest BCUT2D eigenvalue weighted by Gasteiger charge is 2.30. The average molecular weight is 437 g/mol. The fourth-order valence-electron chi connectivity index (χ4n) is 3.20. The number of hydrogen-bond acceptors (Lipinski definition) is 4. The molecule has 0 unspecified atom stereocenters. The Morgan fingerprint density at radius 1 is 1.03 bits per heavy atom. The zero-order valence-corrected chi connectivity index (χ0v) is 16.6. The largest absolute Gasteiger partial charge is 0.491 e. The molecule has 0 bridgehead atoms. The lowest BCUT2D eigenvalue weighted by atomic mass is 10.1. The van der Waals surface area contributed by atoms with Crippen LogP contribution >= 0.6 is 0 Å². The van der Waals surface area contributed by atoms with Crippen LogP contribution in [0.15, 0.2) is 48.5 Å². The number of nitrogens with one attached hydrogen (secondary N) is 1. The van der Waals surface area contributed by atoms with E-state index >= 15 is 0 Å². The molecule has 10 heteroatoms. The van der Waals surface area contributed by atoms with Crippen molar-refractivity contribution < 1.29 is 32.6 Å². The first-order valence-corrected chi connectivity index (χ1v) is 9.65. The minimum Gasteiger partial charge on any atom is -0.491 e. The Balaban J connectivity index is 1.58. The van der Waals surface area contributed by atoms with Crippen LogP contribution in [0.1, 0.15) is 15.9 Å². The SMILES string of the molecule is O=C(Nc1cccc(C(F)(F)F)c1)c1ccccc1OCCN1CCN(C(=O)O)CC1. The van der Waals surface area contributed by atoms with Crippen molar-refractivity contribution >= 4 is 17.7 Å². The van der Waals surface area contributed by atoms with Crippen molar-refractivity contribution in [3.05, 3.63) is 59.7 Å². The Hall–Kier alpha value is -3.27. The number of rotatable bonds is 6. The number of hydrogen-bond donors (Lipinski definition) is 2. The van der Waals surface area contributed by atoms with Gasteiger partial charge in [0.05, 0.1) is 11.1 Å². The second-order valence-electron chi connectivity index (χ2n) is 6.99. The van der Waals surface area contributed by atoms with Gasteiger partial charge in [-0.2, -0.15) is 13.2 Å². The molecule has 3 rings (SSSR count). The number of ether oxygens (including phenoxy) is 1. The van der Waals surface area contributed by atoms with Crippen LogP contribution < -0.4 is 10.1 Å².